The van der Waals surface area contributed by atoms with Gasteiger partial charge in [-0.1, -0.05) is 20.8 Å². The second kappa shape index (κ2) is 4.26. The quantitative estimate of drug-likeness (QED) is 0.770. The number of aromatic nitrogens is 2. The smallest absolute Gasteiger partial charge is 0.264 e. The molecule has 4 heteroatoms. The second-order valence-electron chi connectivity index (χ2n) is 4.54. The van der Waals surface area contributed by atoms with Gasteiger partial charge in [-0.15, -0.1) is 0 Å². The van der Waals surface area contributed by atoms with Gasteiger partial charge in [-0.05, 0) is 17.9 Å². The molecule has 0 spiro atoms. The molecule has 0 bridgehead atoms. The van der Waals surface area contributed by atoms with Gasteiger partial charge < -0.3 is 5.32 Å². The van der Waals surface area contributed by atoms with E-state index in [9.17, 15) is 4.79 Å². The van der Waals surface area contributed by atoms with Gasteiger partial charge in [0.2, 0.25) is 0 Å². The van der Waals surface area contributed by atoms with Crippen LogP contribution >= 0.6 is 0 Å². The molecule has 0 fully saturated rings. The zero-order chi connectivity index (χ0) is 10.6. The summed E-state index contributed by atoms with van der Waals surface area (Å²) in [5.41, 5.74) is 0.140. The summed E-state index contributed by atoms with van der Waals surface area (Å²) in [7, 11) is 0. The van der Waals surface area contributed by atoms with Crippen LogP contribution in [-0.2, 0) is 0 Å². The Morgan fingerprint density at radius 1 is 1.43 bits per heavy atom. The maximum absolute atomic E-state index is 10.7. The zero-order valence-corrected chi connectivity index (χ0v) is 8.92. The SMILES string of the molecule is CC(C)(C)CCNc1ccc(=O)[nH]n1. The summed E-state index contributed by atoms with van der Waals surface area (Å²) in [6.45, 7) is 7.43. The van der Waals surface area contributed by atoms with Crippen molar-refractivity contribution in [3.8, 4) is 0 Å². The molecule has 1 heterocycles. The Hall–Kier alpha value is -1.32. The van der Waals surface area contributed by atoms with Gasteiger partial charge in [-0.25, -0.2) is 5.10 Å². The van der Waals surface area contributed by atoms with Gasteiger partial charge in [0.25, 0.3) is 5.56 Å². The first kappa shape index (κ1) is 10.8. The van der Waals surface area contributed by atoms with E-state index >= 15 is 0 Å². The number of aromatic amines is 1. The van der Waals surface area contributed by atoms with Crippen molar-refractivity contribution in [3.63, 3.8) is 0 Å². The number of nitrogens with one attached hydrogen (secondary N) is 2. The van der Waals surface area contributed by atoms with E-state index in [4.69, 9.17) is 0 Å². The van der Waals surface area contributed by atoms with Gasteiger partial charge >= 0.3 is 0 Å². The summed E-state index contributed by atoms with van der Waals surface area (Å²) in [4.78, 5) is 10.7. The maximum Gasteiger partial charge on any atom is 0.264 e. The van der Waals surface area contributed by atoms with Gasteiger partial charge in [0.15, 0.2) is 0 Å². The Balaban J connectivity index is 2.39. The molecule has 0 unspecified atom stereocenters. The van der Waals surface area contributed by atoms with E-state index < -0.39 is 0 Å². The number of nitrogens with zero attached hydrogens (tertiary/aromatic N) is 1. The first-order chi connectivity index (χ1) is 6.47. The average molecular weight is 195 g/mol. The van der Waals surface area contributed by atoms with E-state index in [1.807, 2.05) is 0 Å². The number of hydrogen-bond donors (Lipinski definition) is 2. The van der Waals surface area contributed by atoms with Crippen LogP contribution < -0.4 is 10.9 Å². The first-order valence-corrected chi connectivity index (χ1v) is 4.77. The Morgan fingerprint density at radius 2 is 2.14 bits per heavy atom. The van der Waals surface area contributed by atoms with Crippen LogP contribution in [-0.4, -0.2) is 16.7 Å². The van der Waals surface area contributed by atoms with Crippen molar-refractivity contribution in [2.75, 3.05) is 11.9 Å². The predicted octanol–water partition coefficient (Wildman–Crippen LogP) is 1.62. The van der Waals surface area contributed by atoms with Crippen molar-refractivity contribution in [2.24, 2.45) is 5.41 Å². The van der Waals surface area contributed by atoms with Gasteiger partial charge in [0.05, 0.1) is 0 Å². The summed E-state index contributed by atoms with van der Waals surface area (Å²) >= 11 is 0. The molecular weight excluding hydrogens is 178 g/mol. The fourth-order valence-corrected chi connectivity index (χ4v) is 1.01. The van der Waals surface area contributed by atoms with E-state index in [0.29, 0.717) is 11.2 Å². The molecule has 0 atom stereocenters. The molecule has 78 valence electrons. The van der Waals surface area contributed by atoms with Crippen molar-refractivity contribution in [2.45, 2.75) is 27.2 Å². The highest BCUT2D eigenvalue weighted by atomic mass is 16.1. The Morgan fingerprint density at radius 3 is 2.64 bits per heavy atom. The van der Waals surface area contributed by atoms with Crippen molar-refractivity contribution < 1.29 is 0 Å². The van der Waals surface area contributed by atoms with Crippen LogP contribution in [0, 0.1) is 5.41 Å². The lowest BCUT2D eigenvalue weighted by molar-refractivity contribution is 0.389. The Bertz CT molecular complexity index is 317. The van der Waals surface area contributed by atoms with Crippen LogP contribution in [0.25, 0.3) is 0 Å². The Labute approximate surface area is 83.7 Å². The van der Waals surface area contributed by atoms with Crippen molar-refractivity contribution in [1.82, 2.24) is 10.2 Å². The summed E-state index contributed by atoms with van der Waals surface area (Å²) in [5, 5.41) is 9.38. The minimum Gasteiger partial charge on any atom is -0.369 e. The number of rotatable bonds is 3. The highest BCUT2D eigenvalue weighted by Gasteiger charge is 2.08. The van der Waals surface area contributed by atoms with Gasteiger partial charge in [-0.2, -0.15) is 5.10 Å². The summed E-state index contributed by atoms with van der Waals surface area (Å²) in [6, 6.07) is 3.15. The van der Waals surface area contributed by atoms with Crippen molar-refractivity contribution in [1.29, 1.82) is 0 Å². The standard InChI is InChI=1S/C10H17N3O/c1-10(2,3)6-7-11-8-4-5-9(14)13-12-8/h4-5H,6-7H2,1-3H3,(H,11,12)(H,13,14). The van der Waals surface area contributed by atoms with Gasteiger partial charge in [0.1, 0.15) is 5.82 Å². The molecule has 0 aromatic carbocycles. The molecular formula is C10H17N3O. The van der Waals surface area contributed by atoms with Gasteiger partial charge in [-0.3, -0.25) is 4.79 Å². The summed E-state index contributed by atoms with van der Waals surface area (Å²) < 4.78 is 0. The van der Waals surface area contributed by atoms with E-state index in [0.717, 1.165) is 13.0 Å². The molecule has 0 aliphatic rings. The van der Waals surface area contributed by atoms with Crippen LogP contribution in [0.4, 0.5) is 5.82 Å². The third-order valence-corrected chi connectivity index (χ3v) is 1.86. The molecule has 0 aliphatic carbocycles. The molecule has 0 amide bonds. The van der Waals surface area contributed by atoms with Crippen LogP contribution in [0.3, 0.4) is 0 Å². The van der Waals surface area contributed by atoms with Crippen LogP contribution in [0.5, 0.6) is 0 Å². The lowest BCUT2D eigenvalue weighted by atomic mass is 9.92. The number of hydrogen-bond acceptors (Lipinski definition) is 3. The van der Waals surface area contributed by atoms with Crippen LogP contribution in [0.15, 0.2) is 16.9 Å². The molecule has 14 heavy (non-hydrogen) atoms. The molecule has 1 aromatic heterocycles. The summed E-state index contributed by atoms with van der Waals surface area (Å²) in [6.07, 6.45) is 1.06. The van der Waals surface area contributed by atoms with E-state index in [1.165, 1.54) is 6.07 Å². The Kier molecular flexibility index (Phi) is 3.28. The molecule has 1 rings (SSSR count). The monoisotopic (exact) mass is 195 g/mol. The minimum absolute atomic E-state index is 0.175. The maximum atomic E-state index is 10.7. The molecule has 2 N–H and O–H groups in total. The number of H-pyrrole nitrogens is 1. The van der Waals surface area contributed by atoms with Crippen LogP contribution in [0.2, 0.25) is 0 Å². The fourth-order valence-electron chi connectivity index (χ4n) is 1.01. The van der Waals surface area contributed by atoms with Crippen LogP contribution in [0.1, 0.15) is 27.2 Å². The average Bonchev–Trinajstić information content (AvgIpc) is 2.06. The van der Waals surface area contributed by atoms with Crippen molar-refractivity contribution in [3.05, 3.63) is 22.5 Å². The lowest BCUT2D eigenvalue weighted by Crippen LogP contribution is -2.15. The third-order valence-electron chi connectivity index (χ3n) is 1.86. The molecule has 0 radical (unpaired) electrons. The molecule has 4 nitrogen and oxygen atoms in total. The highest BCUT2D eigenvalue weighted by molar-refractivity contribution is 5.31. The summed E-state index contributed by atoms with van der Waals surface area (Å²) in [5.74, 6) is 0.717. The van der Waals surface area contributed by atoms with Gasteiger partial charge in [0, 0.05) is 12.6 Å². The minimum atomic E-state index is -0.175. The van der Waals surface area contributed by atoms with E-state index in [1.54, 1.807) is 6.07 Å². The van der Waals surface area contributed by atoms with Crippen molar-refractivity contribution >= 4 is 5.82 Å². The third kappa shape index (κ3) is 4.07. The highest BCUT2D eigenvalue weighted by Crippen LogP contribution is 2.17. The molecule has 0 aliphatic heterocycles. The normalized spacial score (nSPS) is 11.4. The largest absolute Gasteiger partial charge is 0.369 e. The second-order valence-corrected chi connectivity index (χ2v) is 4.54. The topological polar surface area (TPSA) is 57.8 Å². The zero-order valence-electron chi connectivity index (χ0n) is 8.92. The lowest BCUT2D eigenvalue weighted by Gasteiger charge is -2.17. The molecule has 1 aromatic rings. The number of anilines is 1. The first-order valence-electron chi connectivity index (χ1n) is 4.77. The van der Waals surface area contributed by atoms with E-state index in [2.05, 4.69) is 36.3 Å². The van der Waals surface area contributed by atoms with E-state index in [-0.39, 0.29) is 5.56 Å². The molecule has 0 saturated heterocycles. The molecule has 0 saturated carbocycles. The fraction of sp³-hybridized carbons (Fsp3) is 0.600. The predicted molar refractivity (Wildman–Crippen MR) is 57.4 cm³/mol.